The first kappa shape index (κ1) is 15.2. The summed E-state index contributed by atoms with van der Waals surface area (Å²) < 4.78 is 14.9. The van der Waals surface area contributed by atoms with Crippen molar-refractivity contribution in [3.05, 3.63) is 65.6 Å². The second kappa shape index (κ2) is 6.53. The zero-order chi connectivity index (χ0) is 16.1. The van der Waals surface area contributed by atoms with Crippen LogP contribution in [-0.4, -0.2) is 11.9 Å². The van der Waals surface area contributed by atoms with Crippen LogP contribution in [0.1, 0.15) is 5.56 Å². The van der Waals surface area contributed by atoms with Gasteiger partial charge in [-0.2, -0.15) is 0 Å². The van der Waals surface area contributed by atoms with E-state index in [9.17, 15) is 14.4 Å². The highest BCUT2D eigenvalue weighted by Crippen LogP contribution is 2.23. The number of benzene rings is 1. The monoisotopic (exact) mass is 300 g/mol. The Bertz CT molecular complexity index is 815. The number of hydrogen-bond acceptors (Lipinski definition) is 6. The first-order valence-electron chi connectivity index (χ1n) is 6.23. The Morgan fingerprint density at radius 2 is 1.86 bits per heavy atom. The van der Waals surface area contributed by atoms with Gasteiger partial charge in [-0.25, -0.2) is 14.4 Å². The van der Waals surface area contributed by atoms with Crippen molar-refractivity contribution in [2.75, 3.05) is 0 Å². The lowest BCUT2D eigenvalue weighted by atomic mass is 10.1. The second-order valence-electron chi connectivity index (χ2n) is 4.19. The summed E-state index contributed by atoms with van der Waals surface area (Å²) in [6.07, 6.45) is 2.05. The SMILES string of the molecule is C=CC(=O)OCc1cc(=O)oc2cc(OC(=O)C=C)ccc12. The largest absolute Gasteiger partial charge is 0.458 e. The van der Waals surface area contributed by atoms with E-state index in [-0.39, 0.29) is 17.9 Å². The average molecular weight is 300 g/mol. The highest BCUT2D eigenvalue weighted by molar-refractivity contribution is 5.86. The van der Waals surface area contributed by atoms with E-state index < -0.39 is 17.6 Å². The van der Waals surface area contributed by atoms with Gasteiger partial charge in [-0.3, -0.25) is 0 Å². The molecule has 0 aliphatic carbocycles. The molecule has 1 heterocycles. The lowest BCUT2D eigenvalue weighted by Crippen LogP contribution is -2.06. The minimum Gasteiger partial charge on any atom is -0.458 e. The third kappa shape index (κ3) is 3.49. The Hall–Kier alpha value is -3.15. The molecule has 2 aromatic rings. The normalized spacial score (nSPS) is 10.0. The fourth-order valence-corrected chi connectivity index (χ4v) is 1.76. The van der Waals surface area contributed by atoms with E-state index in [1.54, 1.807) is 6.07 Å². The molecule has 0 aliphatic heterocycles. The van der Waals surface area contributed by atoms with Crippen LogP contribution in [0.15, 0.2) is 58.8 Å². The molecule has 2 rings (SSSR count). The molecule has 0 radical (unpaired) electrons. The molecule has 22 heavy (non-hydrogen) atoms. The van der Waals surface area contributed by atoms with Crippen molar-refractivity contribution in [3.63, 3.8) is 0 Å². The first-order valence-corrected chi connectivity index (χ1v) is 6.23. The van der Waals surface area contributed by atoms with E-state index in [1.165, 1.54) is 18.2 Å². The third-order valence-corrected chi connectivity index (χ3v) is 2.72. The summed E-state index contributed by atoms with van der Waals surface area (Å²) in [7, 11) is 0. The van der Waals surface area contributed by atoms with Crippen molar-refractivity contribution in [2.45, 2.75) is 6.61 Å². The molecular weight excluding hydrogens is 288 g/mol. The van der Waals surface area contributed by atoms with Gasteiger partial charge in [-0.1, -0.05) is 13.2 Å². The van der Waals surface area contributed by atoms with Gasteiger partial charge in [0.2, 0.25) is 0 Å². The topological polar surface area (TPSA) is 82.8 Å². The molecular formula is C16H12O6. The number of rotatable bonds is 5. The van der Waals surface area contributed by atoms with Crippen LogP contribution in [0.2, 0.25) is 0 Å². The molecule has 0 saturated carbocycles. The summed E-state index contributed by atoms with van der Waals surface area (Å²) in [6, 6.07) is 5.76. The minimum atomic E-state index is -0.627. The van der Waals surface area contributed by atoms with Gasteiger partial charge in [0.15, 0.2) is 0 Å². The number of fused-ring (bicyclic) bond motifs is 1. The lowest BCUT2D eigenvalue weighted by molar-refractivity contribution is -0.139. The lowest BCUT2D eigenvalue weighted by Gasteiger charge is -2.07. The molecule has 0 amide bonds. The zero-order valence-electron chi connectivity index (χ0n) is 11.5. The van der Waals surface area contributed by atoms with Crippen molar-refractivity contribution in [1.82, 2.24) is 0 Å². The first-order chi connectivity index (χ1) is 10.5. The number of ether oxygens (including phenoxy) is 2. The minimum absolute atomic E-state index is 0.0985. The molecule has 0 spiro atoms. The maximum atomic E-state index is 11.6. The van der Waals surface area contributed by atoms with Crippen LogP contribution in [0.3, 0.4) is 0 Å². The van der Waals surface area contributed by atoms with Crippen LogP contribution in [0, 0.1) is 0 Å². The molecule has 0 saturated heterocycles. The van der Waals surface area contributed by atoms with Gasteiger partial charge in [0, 0.05) is 35.2 Å². The fourth-order valence-electron chi connectivity index (χ4n) is 1.76. The highest BCUT2D eigenvalue weighted by atomic mass is 16.5. The Kier molecular flexibility index (Phi) is 4.53. The number of esters is 2. The standard InChI is InChI=1S/C16H12O6/c1-3-14(17)20-9-10-7-16(19)22-13-8-11(5-6-12(10)13)21-15(18)4-2/h3-8H,1-2,9H2. The summed E-state index contributed by atoms with van der Waals surface area (Å²) in [5.41, 5.74) is 0.0823. The average Bonchev–Trinajstić information content (AvgIpc) is 2.51. The molecule has 112 valence electrons. The van der Waals surface area contributed by atoms with Gasteiger partial charge in [0.1, 0.15) is 17.9 Å². The van der Waals surface area contributed by atoms with Crippen LogP contribution in [0.4, 0.5) is 0 Å². The number of carbonyl (C=O) groups is 2. The van der Waals surface area contributed by atoms with Crippen molar-refractivity contribution >= 4 is 22.9 Å². The maximum absolute atomic E-state index is 11.6. The highest BCUT2D eigenvalue weighted by Gasteiger charge is 2.10. The quantitative estimate of drug-likeness (QED) is 0.364. The molecule has 0 bridgehead atoms. The van der Waals surface area contributed by atoms with Crippen LogP contribution >= 0.6 is 0 Å². The zero-order valence-corrected chi connectivity index (χ0v) is 11.5. The summed E-state index contributed by atoms with van der Waals surface area (Å²) in [5.74, 6) is -1.02. The van der Waals surface area contributed by atoms with Crippen LogP contribution < -0.4 is 10.4 Å². The Morgan fingerprint density at radius 3 is 2.55 bits per heavy atom. The van der Waals surface area contributed by atoms with Gasteiger partial charge in [-0.15, -0.1) is 0 Å². The van der Waals surface area contributed by atoms with E-state index in [4.69, 9.17) is 13.9 Å². The number of hydrogen-bond donors (Lipinski definition) is 0. The molecule has 1 aromatic heterocycles. The van der Waals surface area contributed by atoms with Gasteiger partial charge >= 0.3 is 17.6 Å². The summed E-state index contributed by atoms with van der Waals surface area (Å²) in [6.45, 7) is 6.48. The predicted molar refractivity (Wildman–Crippen MR) is 78.3 cm³/mol. The van der Waals surface area contributed by atoms with Gasteiger partial charge in [0.25, 0.3) is 0 Å². The fraction of sp³-hybridized carbons (Fsp3) is 0.0625. The van der Waals surface area contributed by atoms with Crippen LogP contribution in [0.25, 0.3) is 11.0 Å². The molecule has 0 fully saturated rings. The molecule has 6 heteroatoms. The molecule has 6 nitrogen and oxygen atoms in total. The van der Waals surface area contributed by atoms with Crippen LogP contribution in [-0.2, 0) is 20.9 Å². The maximum Gasteiger partial charge on any atom is 0.336 e. The van der Waals surface area contributed by atoms with Crippen molar-refractivity contribution < 1.29 is 23.5 Å². The van der Waals surface area contributed by atoms with Crippen LogP contribution in [0.5, 0.6) is 5.75 Å². The predicted octanol–water partition coefficient (Wildman–Crippen LogP) is 2.11. The van der Waals surface area contributed by atoms with E-state index in [0.29, 0.717) is 10.9 Å². The molecule has 1 aromatic carbocycles. The van der Waals surface area contributed by atoms with Crippen molar-refractivity contribution in [2.24, 2.45) is 0 Å². The Labute approximate surface area is 125 Å². The van der Waals surface area contributed by atoms with Gasteiger partial charge in [0.05, 0.1) is 0 Å². The molecule has 0 atom stereocenters. The van der Waals surface area contributed by atoms with E-state index >= 15 is 0 Å². The van der Waals surface area contributed by atoms with Crippen molar-refractivity contribution in [1.29, 1.82) is 0 Å². The number of carbonyl (C=O) groups excluding carboxylic acids is 2. The summed E-state index contributed by atoms with van der Waals surface area (Å²) in [4.78, 5) is 33.8. The van der Waals surface area contributed by atoms with Crippen molar-refractivity contribution in [3.8, 4) is 5.75 Å². The molecule has 0 aliphatic rings. The molecule has 0 N–H and O–H groups in total. The van der Waals surface area contributed by atoms with Gasteiger partial charge < -0.3 is 13.9 Å². The van der Waals surface area contributed by atoms with E-state index in [2.05, 4.69) is 13.2 Å². The third-order valence-electron chi connectivity index (χ3n) is 2.72. The van der Waals surface area contributed by atoms with E-state index in [1.807, 2.05) is 0 Å². The van der Waals surface area contributed by atoms with E-state index in [0.717, 1.165) is 12.2 Å². The Morgan fingerprint density at radius 1 is 1.14 bits per heavy atom. The molecule has 0 unspecified atom stereocenters. The van der Waals surface area contributed by atoms with Gasteiger partial charge in [-0.05, 0) is 12.1 Å². The smallest absolute Gasteiger partial charge is 0.336 e. The summed E-state index contributed by atoms with van der Waals surface area (Å²) >= 11 is 0. The second-order valence-corrected chi connectivity index (χ2v) is 4.19. The summed E-state index contributed by atoms with van der Waals surface area (Å²) in [5, 5.41) is 0.565. The Balaban J connectivity index is 2.39.